The molecule has 1 aromatic carbocycles. The lowest BCUT2D eigenvalue weighted by Gasteiger charge is -2.22. The highest BCUT2D eigenvalue weighted by molar-refractivity contribution is 6.42. The second-order valence-corrected chi connectivity index (χ2v) is 6.27. The number of halogens is 2. The molecule has 0 saturated heterocycles. The fraction of sp³-hybridized carbons (Fsp3) is 0.533. The predicted octanol–water partition coefficient (Wildman–Crippen LogP) is 3.35. The molecule has 1 aromatic rings. The molecule has 0 bridgehead atoms. The molecule has 0 heterocycles. The van der Waals surface area contributed by atoms with Crippen LogP contribution in [0.3, 0.4) is 0 Å². The first-order valence-corrected chi connectivity index (χ1v) is 7.67. The highest BCUT2D eigenvalue weighted by atomic mass is 35.5. The van der Waals surface area contributed by atoms with Gasteiger partial charge in [0.25, 0.3) is 0 Å². The molecule has 1 aliphatic rings. The first-order valence-electron chi connectivity index (χ1n) is 6.92. The number of hydrogen-bond acceptors (Lipinski definition) is 2. The number of carbonyl (C=O) groups excluding carboxylic acids is 1. The molecule has 3 nitrogen and oxygen atoms in total. The van der Waals surface area contributed by atoms with Gasteiger partial charge >= 0.3 is 0 Å². The Morgan fingerprint density at radius 2 is 1.95 bits per heavy atom. The van der Waals surface area contributed by atoms with E-state index in [4.69, 9.17) is 23.2 Å². The van der Waals surface area contributed by atoms with Crippen molar-refractivity contribution in [2.75, 3.05) is 6.54 Å². The summed E-state index contributed by atoms with van der Waals surface area (Å²) in [6.45, 7) is 0.354. The lowest BCUT2D eigenvalue weighted by atomic mass is 10.0. The summed E-state index contributed by atoms with van der Waals surface area (Å²) in [7, 11) is 0. The van der Waals surface area contributed by atoms with Gasteiger partial charge in [0, 0.05) is 13.0 Å². The van der Waals surface area contributed by atoms with E-state index in [0.29, 0.717) is 29.4 Å². The zero-order valence-corrected chi connectivity index (χ0v) is 12.8. The minimum Gasteiger partial charge on any atom is -0.388 e. The Morgan fingerprint density at radius 1 is 1.25 bits per heavy atom. The van der Waals surface area contributed by atoms with E-state index in [2.05, 4.69) is 5.32 Å². The third-order valence-electron chi connectivity index (χ3n) is 3.77. The fourth-order valence-electron chi connectivity index (χ4n) is 2.51. The van der Waals surface area contributed by atoms with Crippen LogP contribution in [0.5, 0.6) is 0 Å². The summed E-state index contributed by atoms with van der Waals surface area (Å²) in [4.78, 5) is 11.8. The van der Waals surface area contributed by atoms with Crippen LogP contribution in [0.25, 0.3) is 0 Å². The summed E-state index contributed by atoms with van der Waals surface area (Å²) in [5, 5.41) is 14.0. The second-order valence-electron chi connectivity index (χ2n) is 5.46. The zero-order chi connectivity index (χ0) is 14.6. The SMILES string of the molecule is O=C(CCc1ccc(Cl)c(Cl)c1)NCC1(O)CCCC1. The highest BCUT2D eigenvalue weighted by Crippen LogP contribution is 2.28. The number of carbonyl (C=O) groups is 1. The first-order chi connectivity index (χ1) is 9.48. The molecule has 0 aliphatic heterocycles. The highest BCUT2D eigenvalue weighted by Gasteiger charge is 2.31. The van der Waals surface area contributed by atoms with Crippen molar-refractivity contribution in [3.8, 4) is 0 Å². The maximum Gasteiger partial charge on any atom is 0.220 e. The smallest absolute Gasteiger partial charge is 0.220 e. The van der Waals surface area contributed by atoms with Gasteiger partial charge in [0.15, 0.2) is 0 Å². The summed E-state index contributed by atoms with van der Waals surface area (Å²) >= 11 is 11.8. The van der Waals surface area contributed by atoms with Gasteiger partial charge in [-0.2, -0.15) is 0 Å². The van der Waals surface area contributed by atoms with Crippen molar-refractivity contribution < 1.29 is 9.90 Å². The largest absolute Gasteiger partial charge is 0.388 e. The van der Waals surface area contributed by atoms with Crippen LogP contribution >= 0.6 is 23.2 Å². The van der Waals surface area contributed by atoms with E-state index in [1.807, 2.05) is 6.07 Å². The number of hydrogen-bond donors (Lipinski definition) is 2. The van der Waals surface area contributed by atoms with Crippen LogP contribution < -0.4 is 5.32 Å². The molecule has 20 heavy (non-hydrogen) atoms. The molecular formula is C15H19Cl2NO2. The van der Waals surface area contributed by atoms with E-state index in [1.54, 1.807) is 12.1 Å². The van der Waals surface area contributed by atoms with Crippen molar-refractivity contribution in [2.24, 2.45) is 0 Å². The van der Waals surface area contributed by atoms with Gasteiger partial charge in [0.05, 0.1) is 15.6 Å². The standard InChI is InChI=1S/C15H19Cl2NO2/c16-12-5-3-11(9-13(12)17)4-6-14(19)18-10-15(20)7-1-2-8-15/h3,5,9,20H,1-2,4,6-8,10H2,(H,18,19). The van der Waals surface area contributed by atoms with E-state index >= 15 is 0 Å². The van der Waals surface area contributed by atoms with Gasteiger partial charge in [0.2, 0.25) is 5.91 Å². The van der Waals surface area contributed by atoms with Crippen molar-refractivity contribution >= 4 is 29.1 Å². The van der Waals surface area contributed by atoms with Crippen LogP contribution in [0.4, 0.5) is 0 Å². The lowest BCUT2D eigenvalue weighted by molar-refractivity contribution is -0.122. The molecule has 0 spiro atoms. The van der Waals surface area contributed by atoms with Crippen molar-refractivity contribution in [3.05, 3.63) is 33.8 Å². The topological polar surface area (TPSA) is 49.3 Å². The minimum atomic E-state index is -0.695. The van der Waals surface area contributed by atoms with E-state index in [9.17, 15) is 9.90 Å². The quantitative estimate of drug-likeness (QED) is 0.875. The van der Waals surface area contributed by atoms with Crippen LogP contribution in [0, 0.1) is 0 Å². The Balaban J connectivity index is 1.76. The van der Waals surface area contributed by atoms with Crippen molar-refractivity contribution in [3.63, 3.8) is 0 Å². The van der Waals surface area contributed by atoms with Gasteiger partial charge in [-0.25, -0.2) is 0 Å². The Kier molecular flexibility index (Phi) is 5.30. The van der Waals surface area contributed by atoms with Crippen molar-refractivity contribution in [2.45, 2.75) is 44.1 Å². The molecule has 1 saturated carbocycles. The van der Waals surface area contributed by atoms with E-state index in [-0.39, 0.29) is 5.91 Å². The van der Waals surface area contributed by atoms with Crippen molar-refractivity contribution in [1.29, 1.82) is 0 Å². The minimum absolute atomic E-state index is 0.0450. The lowest BCUT2D eigenvalue weighted by Crippen LogP contribution is -2.40. The van der Waals surface area contributed by atoms with Crippen LogP contribution in [-0.4, -0.2) is 23.2 Å². The van der Waals surface area contributed by atoms with Gasteiger partial charge in [0.1, 0.15) is 0 Å². The second kappa shape index (κ2) is 6.79. The van der Waals surface area contributed by atoms with E-state index in [0.717, 1.165) is 31.2 Å². The predicted molar refractivity (Wildman–Crippen MR) is 81.2 cm³/mol. The molecular weight excluding hydrogens is 297 g/mol. The molecule has 2 rings (SSSR count). The summed E-state index contributed by atoms with van der Waals surface area (Å²) in [6, 6.07) is 5.38. The van der Waals surface area contributed by atoms with Crippen LogP contribution in [0.2, 0.25) is 10.0 Å². The number of aryl methyl sites for hydroxylation is 1. The summed E-state index contributed by atoms with van der Waals surface area (Å²) in [5.74, 6) is -0.0450. The van der Waals surface area contributed by atoms with Crippen molar-refractivity contribution in [1.82, 2.24) is 5.32 Å². The summed E-state index contributed by atoms with van der Waals surface area (Å²) < 4.78 is 0. The number of amides is 1. The summed E-state index contributed by atoms with van der Waals surface area (Å²) in [6.07, 6.45) is 4.63. The van der Waals surface area contributed by atoms with Gasteiger partial charge in [-0.3, -0.25) is 4.79 Å². The average Bonchev–Trinajstić information content (AvgIpc) is 2.85. The summed E-state index contributed by atoms with van der Waals surface area (Å²) in [5.41, 5.74) is 0.285. The molecule has 0 aromatic heterocycles. The number of rotatable bonds is 5. The van der Waals surface area contributed by atoms with Gasteiger partial charge in [-0.05, 0) is 37.0 Å². The Labute approximate surface area is 129 Å². The molecule has 0 unspecified atom stereocenters. The first kappa shape index (κ1) is 15.6. The third-order valence-corrected chi connectivity index (χ3v) is 4.51. The number of benzene rings is 1. The van der Waals surface area contributed by atoms with E-state index < -0.39 is 5.60 Å². The molecule has 1 fully saturated rings. The average molecular weight is 316 g/mol. The Bertz CT molecular complexity index is 485. The molecule has 110 valence electrons. The number of nitrogens with one attached hydrogen (secondary N) is 1. The number of aliphatic hydroxyl groups is 1. The maximum atomic E-state index is 11.8. The fourth-order valence-corrected chi connectivity index (χ4v) is 2.84. The monoisotopic (exact) mass is 315 g/mol. The Hall–Kier alpha value is -0.770. The zero-order valence-electron chi connectivity index (χ0n) is 11.3. The van der Waals surface area contributed by atoms with E-state index in [1.165, 1.54) is 0 Å². The molecule has 0 atom stereocenters. The maximum absolute atomic E-state index is 11.8. The Morgan fingerprint density at radius 3 is 2.60 bits per heavy atom. The molecule has 0 radical (unpaired) electrons. The van der Waals surface area contributed by atoms with Gasteiger partial charge < -0.3 is 10.4 Å². The third kappa shape index (κ3) is 4.37. The van der Waals surface area contributed by atoms with Crippen LogP contribution in [0.15, 0.2) is 18.2 Å². The normalized spacial score (nSPS) is 17.1. The van der Waals surface area contributed by atoms with Crippen LogP contribution in [0.1, 0.15) is 37.7 Å². The molecule has 5 heteroatoms. The van der Waals surface area contributed by atoms with Gasteiger partial charge in [-0.15, -0.1) is 0 Å². The molecule has 1 amide bonds. The molecule has 1 aliphatic carbocycles. The van der Waals surface area contributed by atoms with Gasteiger partial charge in [-0.1, -0.05) is 42.1 Å². The van der Waals surface area contributed by atoms with Crippen LogP contribution in [-0.2, 0) is 11.2 Å². The molecule has 2 N–H and O–H groups in total.